The normalized spacial score (nSPS) is 18.2. The van der Waals surface area contributed by atoms with Crippen LogP contribution in [-0.2, 0) is 4.79 Å². The summed E-state index contributed by atoms with van der Waals surface area (Å²) in [5.74, 6) is 0.372. The lowest BCUT2D eigenvalue weighted by Gasteiger charge is -2.32. The standard InChI is InChI=1S/C23H25N7O2/c31-22(17-7-5-13-29(15-17)23(32)25-18-8-2-1-3-9-18)24-19-10-4-6-16(14-19)21-26-27-28-30(21)20-11-12-20/h1-4,6,8-10,14,17,20H,5,7,11-13,15H2,(H,24,31)(H,25,32)/t17-/m0/s1. The predicted molar refractivity (Wildman–Crippen MR) is 120 cm³/mol. The lowest BCUT2D eigenvalue weighted by Crippen LogP contribution is -2.45. The third kappa shape index (κ3) is 4.46. The Bertz CT molecular complexity index is 1110. The molecule has 0 radical (unpaired) electrons. The molecule has 0 bridgehead atoms. The fraction of sp³-hybridized carbons (Fsp3) is 0.348. The maximum atomic E-state index is 13.0. The molecule has 1 aliphatic heterocycles. The number of para-hydroxylation sites is 1. The molecule has 2 aliphatic rings. The van der Waals surface area contributed by atoms with Crippen LogP contribution in [0.3, 0.4) is 0 Å². The smallest absolute Gasteiger partial charge is 0.321 e. The molecule has 2 N–H and O–H groups in total. The van der Waals surface area contributed by atoms with E-state index in [4.69, 9.17) is 0 Å². The summed E-state index contributed by atoms with van der Waals surface area (Å²) < 4.78 is 1.85. The first kappa shape index (κ1) is 20.2. The van der Waals surface area contributed by atoms with Crippen LogP contribution in [0.4, 0.5) is 16.2 Å². The number of hydrogen-bond donors (Lipinski definition) is 2. The number of carbonyl (C=O) groups is 2. The minimum absolute atomic E-state index is 0.0823. The van der Waals surface area contributed by atoms with Gasteiger partial charge in [0.05, 0.1) is 12.0 Å². The van der Waals surface area contributed by atoms with E-state index in [1.807, 2.05) is 59.3 Å². The average molecular weight is 432 g/mol. The fourth-order valence-corrected chi connectivity index (χ4v) is 4.03. The van der Waals surface area contributed by atoms with Crippen LogP contribution >= 0.6 is 0 Å². The first-order valence-corrected chi connectivity index (χ1v) is 11.0. The van der Waals surface area contributed by atoms with Gasteiger partial charge in [-0.2, -0.15) is 0 Å². The van der Waals surface area contributed by atoms with Gasteiger partial charge in [0.15, 0.2) is 5.82 Å². The van der Waals surface area contributed by atoms with Crippen molar-refractivity contribution in [3.8, 4) is 11.4 Å². The van der Waals surface area contributed by atoms with Crippen LogP contribution in [0.5, 0.6) is 0 Å². The Balaban J connectivity index is 1.23. The fourth-order valence-electron chi connectivity index (χ4n) is 4.03. The molecule has 32 heavy (non-hydrogen) atoms. The van der Waals surface area contributed by atoms with E-state index < -0.39 is 0 Å². The van der Waals surface area contributed by atoms with Gasteiger partial charge in [-0.25, -0.2) is 9.48 Å². The lowest BCUT2D eigenvalue weighted by atomic mass is 9.97. The molecule has 1 saturated heterocycles. The van der Waals surface area contributed by atoms with Gasteiger partial charge in [0.1, 0.15) is 0 Å². The highest BCUT2D eigenvalue weighted by Gasteiger charge is 2.30. The summed E-state index contributed by atoms with van der Waals surface area (Å²) in [5, 5.41) is 18.0. The monoisotopic (exact) mass is 431 g/mol. The van der Waals surface area contributed by atoms with Crippen LogP contribution < -0.4 is 10.6 Å². The number of nitrogens with zero attached hydrogens (tertiary/aromatic N) is 5. The molecule has 5 rings (SSSR count). The van der Waals surface area contributed by atoms with Gasteiger partial charge in [0.2, 0.25) is 5.91 Å². The molecule has 9 heteroatoms. The molecule has 3 aromatic rings. The molecule has 2 aromatic carbocycles. The van der Waals surface area contributed by atoms with Gasteiger partial charge >= 0.3 is 6.03 Å². The van der Waals surface area contributed by atoms with Crippen molar-refractivity contribution < 1.29 is 9.59 Å². The second-order valence-corrected chi connectivity index (χ2v) is 8.33. The number of nitrogens with one attached hydrogen (secondary N) is 2. The summed E-state index contributed by atoms with van der Waals surface area (Å²) in [7, 11) is 0. The molecule has 164 valence electrons. The number of benzene rings is 2. The highest BCUT2D eigenvalue weighted by molar-refractivity contribution is 5.94. The average Bonchev–Trinajstić information content (AvgIpc) is 3.56. The summed E-state index contributed by atoms with van der Waals surface area (Å²) in [5.41, 5.74) is 2.31. The second kappa shape index (κ2) is 8.78. The van der Waals surface area contributed by atoms with Crippen LogP contribution in [-0.4, -0.2) is 50.1 Å². The van der Waals surface area contributed by atoms with Crippen LogP contribution in [0.2, 0.25) is 0 Å². The molecule has 9 nitrogen and oxygen atoms in total. The number of rotatable bonds is 5. The number of tetrazole rings is 1. The SMILES string of the molecule is O=C(Nc1cccc(-c2nnnn2C2CC2)c1)[C@H]1CCCN(C(=O)Nc2ccccc2)C1. The number of aromatic nitrogens is 4. The van der Waals surface area contributed by atoms with Gasteiger partial charge in [0.25, 0.3) is 0 Å². The number of hydrogen-bond acceptors (Lipinski definition) is 5. The Kier molecular flexibility index (Phi) is 5.53. The summed E-state index contributed by atoms with van der Waals surface area (Å²) >= 11 is 0. The minimum Gasteiger partial charge on any atom is -0.326 e. The molecule has 3 amide bonds. The quantitative estimate of drug-likeness (QED) is 0.643. The van der Waals surface area contributed by atoms with Gasteiger partial charge < -0.3 is 15.5 Å². The number of amides is 3. The molecule has 2 heterocycles. The lowest BCUT2D eigenvalue weighted by molar-refractivity contribution is -0.121. The van der Waals surface area contributed by atoms with Gasteiger partial charge in [-0.15, -0.1) is 5.10 Å². The Morgan fingerprint density at radius 3 is 2.56 bits per heavy atom. The van der Waals surface area contributed by atoms with E-state index in [9.17, 15) is 9.59 Å². The molecule has 0 unspecified atom stereocenters. The highest BCUT2D eigenvalue weighted by Crippen LogP contribution is 2.36. The Morgan fingerprint density at radius 1 is 0.938 bits per heavy atom. The highest BCUT2D eigenvalue weighted by atomic mass is 16.2. The van der Waals surface area contributed by atoms with E-state index in [0.717, 1.165) is 36.9 Å². The molecule has 1 aliphatic carbocycles. The van der Waals surface area contributed by atoms with Gasteiger partial charge in [-0.1, -0.05) is 30.3 Å². The zero-order chi connectivity index (χ0) is 21.9. The van der Waals surface area contributed by atoms with E-state index in [-0.39, 0.29) is 17.9 Å². The summed E-state index contributed by atoms with van der Waals surface area (Å²) in [6.07, 6.45) is 3.71. The molecule has 0 spiro atoms. The largest absolute Gasteiger partial charge is 0.326 e. The van der Waals surface area contributed by atoms with Crippen molar-refractivity contribution in [1.29, 1.82) is 0 Å². The topological polar surface area (TPSA) is 105 Å². The second-order valence-electron chi connectivity index (χ2n) is 8.33. The number of urea groups is 1. The van der Waals surface area contributed by atoms with Crippen LogP contribution in [0.25, 0.3) is 11.4 Å². The van der Waals surface area contributed by atoms with Crippen LogP contribution in [0.15, 0.2) is 54.6 Å². The molecular weight excluding hydrogens is 406 g/mol. The number of anilines is 2. The van der Waals surface area contributed by atoms with Crippen molar-refractivity contribution in [3.63, 3.8) is 0 Å². The van der Waals surface area contributed by atoms with Gasteiger partial charge in [0, 0.05) is 30.0 Å². The number of likely N-dealkylation sites (tertiary alicyclic amines) is 1. The predicted octanol–water partition coefficient (Wildman–Crippen LogP) is 3.56. The van der Waals surface area contributed by atoms with Crippen molar-refractivity contribution in [2.75, 3.05) is 23.7 Å². The number of carbonyl (C=O) groups excluding carboxylic acids is 2. The maximum absolute atomic E-state index is 13.0. The van der Waals surface area contributed by atoms with E-state index in [1.165, 1.54) is 0 Å². The zero-order valence-corrected chi connectivity index (χ0v) is 17.6. The molecule has 2 fully saturated rings. The molecule has 1 atom stereocenters. The summed E-state index contributed by atoms with van der Waals surface area (Å²) in [4.78, 5) is 27.3. The third-order valence-corrected chi connectivity index (χ3v) is 5.88. The first-order valence-electron chi connectivity index (χ1n) is 11.0. The summed E-state index contributed by atoms with van der Waals surface area (Å²) in [6, 6.07) is 17.1. The van der Waals surface area contributed by atoms with Crippen molar-refractivity contribution in [2.24, 2.45) is 5.92 Å². The Labute approximate surface area is 185 Å². The van der Waals surface area contributed by atoms with E-state index in [0.29, 0.717) is 30.6 Å². The van der Waals surface area contributed by atoms with Crippen molar-refractivity contribution in [1.82, 2.24) is 25.1 Å². The van der Waals surface area contributed by atoms with Crippen LogP contribution in [0, 0.1) is 5.92 Å². The van der Waals surface area contributed by atoms with Crippen molar-refractivity contribution in [3.05, 3.63) is 54.6 Å². The Hall–Kier alpha value is -3.75. The molecule has 1 saturated carbocycles. The van der Waals surface area contributed by atoms with Crippen molar-refractivity contribution >= 4 is 23.3 Å². The van der Waals surface area contributed by atoms with E-state index >= 15 is 0 Å². The molecular formula is C23H25N7O2. The minimum atomic E-state index is -0.259. The van der Waals surface area contributed by atoms with E-state index in [2.05, 4.69) is 26.2 Å². The third-order valence-electron chi connectivity index (χ3n) is 5.88. The zero-order valence-electron chi connectivity index (χ0n) is 17.6. The number of piperidine rings is 1. The maximum Gasteiger partial charge on any atom is 0.321 e. The van der Waals surface area contributed by atoms with E-state index in [1.54, 1.807) is 4.90 Å². The van der Waals surface area contributed by atoms with Crippen LogP contribution in [0.1, 0.15) is 31.7 Å². The molecule has 1 aromatic heterocycles. The summed E-state index contributed by atoms with van der Waals surface area (Å²) in [6.45, 7) is 1.03. The Morgan fingerprint density at radius 2 is 1.75 bits per heavy atom. The van der Waals surface area contributed by atoms with Gasteiger partial charge in [-0.05, 0) is 60.4 Å². The van der Waals surface area contributed by atoms with Gasteiger partial charge in [-0.3, -0.25) is 4.79 Å². The van der Waals surface area contributed by atoms with Crippen molar-refractivity contribution in [2.45, 2.75) is 31.7 Å². The first-order chi connectivity index (χ1) is 15.7.